The summed E-state index contributed by atoms with van der Waals surface area (Å²) in [4.78, 5) is 34.3. The van der Waals surface area contributed by atoms with Crippen molar-refractivity contribution in [2.75, 3.05) is 0 Å². The fourth-order valence-electron chi connectivity index (χ4n) is 2.62. The summed E-state index contributed by atoms with van der Waals surface area (Å²) in [6.45, 7) is 4.05. The molecule has 3 rings (SSSR count). The van der Waals surface area contributed by atoms with Gasteiger partial charge in [-0.15, -0.1) is 0 Å². The second kappa shape index (κ2) is 6.71. The molecule has 24 heavy (non-hydrogen) atoms. The van der Waals surface area contributed by atoms with Gasteiger partial charge >= 0.3 is 0 Å². The quantitative estimate of drug-likeness (QED) is 0.726. The molecule has 120 valence electrons. The van der Waals surface area contributed by atoms with Gasteiger partial charge in [0.2, 0.25) is 11.6 Å². The van der Waals surface area contributed by atoms with Crippen LogP contribution in [-0.2, 0) is 0 Å². The fraction of sp³-hybridized carbons (Fsp3) is 0.200. The minimum Gasteiger partial charge on any atom is -0.287 e. The van der Waals surface area contributed by atoms with Crippen LogP contribution in [0.2, 0.25) is 0 Å². The fourth-order valence-corrected chi connectivity index (χ4v) is 2.62. The first-order chi connectivity index (χ1) is 11.7. The predicted octanol–water partition coefficient (Wildman–Crippen LogP) is 4.10. The van der Waals surface area contributed by atoms with E-state index in [1.54, 1.807) is 24.3 Å². The monoisotopic (exact) mass is 318 g/mol. The molecule has 0 N–H and O–H groups in total. The number of benzene rings is 1. The van der Waals surface area contributed by atoms with E-state index in [1.807, 2.05) is 38.2 Å². The maximum Gasteiger partial charge on any atom is 0.214 e. The van der Waals surface area contributed by atoms with Gasteiger partial charge in [-0.1, -0.05) is 50.3 Å². The SMILES string of the molecule is CC/C=C/c1nc2c(nc1/C=C/CC)C(=O)c1ccccc1C2=O. The summed E-state index contributed by atoms with van der Waals surface area (Å²) in [5.74, 6) is -0.491. The number of hydrogen-bond acceptors (Lipinski definition) is 4. The molecule has 0 unspecified atom stereocenters. The predicted molar refractivity (Wildman–Crippen MR) is 94.0 cm³/mol. The summed E-state index contributed by atoms with van der Waals surface area (Å²) in [5, 5.41) is 0. The van der Waals surface area contributed by atoms with Crippen molar-refractivity contribution >= 4 is 23.7 Å². The van der Waals surface area contributed by atoms with Crippen LogP contribution in [0.3, 0.4) is 0 Å². The van der Waals surface area contributed by atoms with E-state index in [0.717, 1.165) is 12.8 Å². The molecule has 4 nitrogen and oxygen atoms in total. The zero-order valence-electron chi connectivity index (χ0n) is 13.7. The second-order valence-electron chi connectivity index (χ2n) is 5.52. The third-order valence-electron chi connectivity index (χ3n) is 3.82. The lowest BCUT2D eigenvalue weighted by atomic mass is 9.89. The summed E-state index contributed by atoms with van der Waals surface area (Å²) in [5.41, 5.74) is 2.30. The highest BCUT2D eigenvalue weighted by molar-refractivity contribution is 6.27. The molecular formula is C20H18N2O2. The molecule has 0 fully saturated rings. The largest absolute Gasteiger partial charge is 0.287 e. The van der Waals surface area contributed by atoms with Gasteiger partial charge in [0, 0.05) is 11.1 Å². The minimum atomic E-state index is -0.245. The number of aromatic nitrogens is 2. The van der Waals surface area contributed by atoms with Gasteiger partial charge in [-0.25, -0.2) is 9.97 Å². The molecule has 1 aliphatic rings. The number of carbonyl (C=O) groups excluding carboxylic acids is 2. The number of allylic oxidation sites excluding steroid dienone is 2. The van der Waals surface area contributed by atoms with Gasteiger partial charge in [0.25, 0.3) is 0 Å². The lowest BCUT2D eigenvalue weighted by molar-refractivity contribution is 0.0971. The van der Waals surface area contributed by atoms with Crippen LogP contribution < -0.4 is 0 Å². The molecule has 1 aliphatic carbocycles. The van der Waals surface area contributed by atoms with Crippen molar-refractivity contribution in [2.45, 2.75) is 26.7 Å². The standard InChI is InChI=1S/C20H18N2O2/c1-3-5-11-15-16(12-6-4-2)22-18-17(21-15)19(23)13-9-7-8-10-14(13)20(18)24/h5-12H,3-4H2,1-2H3/b11-5+,12-6+. The molecule has 0 amide bonds. The van der Waals surface area contributed by atoms with Crippen molar-refractivity contribution in [2.24, 2.45) is 0 Å². The Morgan fingerprint density at radius 2 is 1.21 bits per heavy atom. The van der Waals surface area contributed by atoms with E-state index in [0.29, 0.717) is 22.5 Å². The molecule has 0 spiro atoms. The van der Waals surface area contributed by atoms with Crippen LogP contribution in [0.4, 0.5) is 0 Å². The Morgan fingerprint density at radius 3 is 1.58 bits per heavy atom. The number of fused-ring (bicyclic) bond motifs is 2. The Hall–Kier alpha value is -2.88. The zero-order chi connectivity index (χ0) is 17.1. The Balaban J connectivity index is 2.21. The molecule has 0 saturated heterocycles. The topological polar surface area (TPSA) is 59.9 Å². The van der Waals surface area contributed by atoms with Crippen LogP contribution in [0.15, 0.2) is 36.4 Å². The summed E-state index contributed by atoms with van der Waals surface area (Å²) in [7, 11) is 0. The summed E-state index contributed by atoms with van der Waals surface area (Å²) in [6, 6.07) is 6.82. The van der Waals surface area contributed by atoms with Crippen LogP contribution in [0.5, 0.6) is 0 Å². The van der Waals surface area contributed by atoms with Crippen molar-refractivity contribution in [3.63, 3.8) is 0 Å². The van der Waals surface area contributed by atoms with E-state index in [9.17, 15) is 9.59 Å². The molecular weight excluding hydrogens is 300 g/mol. The molecule has 2 aromatic rings. The number of nitrogens with zero attached hydrogens (tertiary/aromatic N) is 2. The minimum absolute atomic E-state index is 0.142. The lowest BCUT2D eigenvalue weighted by Crippen LogP contribution is -2.24. The first-order valence-electron chi connectivity index (χ1n) is 8.10. The van der Waals surface area contributed by atoms with Crippen LogP contribution in [0.25, 0.3) is 12.2 Å². The van der Waals surface area contributed by atoms with Crippen LogP contribution in [0, 0.1) is 0 Å². The Bertz CT molecular complexity index is 807. The van der Waals surface area contributed by atoms with E-state index in [4.69, 9.17) is 0 Å². The third kappa shape index (κ3) is 2.71. The highest BCUT2D eigenvalue weighted by Gasteiger charge is 2.32. The van der Waals surface area contributed by atoms with Crippen LogP contribution >= 0.6 is 0 Å². The van der Waals surface area contributed by atoms with E-state index in [1.165, 1.54) is 0 Å². The molecule has 1 heterocycles. The summed E-state index contributed by atoms with van der Waals surface area (Å²) >= 11 is 0. The van der Waals surface area contributed by atoms with Gasteiger partial charge in [-0.05, 0) is 25.0 Å². The molecule has 0 aliphatic heterocycles. The maximum atomic E-state index is 12.7. The first-order valence-corrected chi connectivity index (χ1v) is 8.10. The molecule has 1 aromatic carbocycles. The van der Waals surface area contributed by atoms with E-state index in [-0.39, 0.29) is 23.0 Å². The number of carbonyl (C=O) groups is 2. The highest BCUT2D eigenvalue weighted by atomic mass is 16.1. The molecule has 0 saturated carbocycles. The second-order valence-corrected chi connectivity index (χ2v) is 5.52. The number of ketones is 2. The summed E-state index contributed by atoms with van der Waals surface area (Å²) in [6.07, 6.45) is 9.32. The normalized spacial score (nSPS) is 13.6. The van der Waals surface area contributed by atoms with Gasteiger partial charge in [0.05, 0.1) is 11.4 Å². The molecule has 1 aromatic heterocycles. The summed E-state index contributed by atoms with van der Waals surface area (Å²) < 4.78 is 0. The Labute approximate surface area is 141 Å². The Kier molecular flexibility index (Phi) is 4.47. The lowest BCUT2D eigenvalue weighted by Gasteiger charge is -2.17. The van der Waals surface area contributed by atoms with Crippen molar-refractivity contribution in [3.05, 3.63) is 70.3 Å². The number of hydrogen-bond donors (Lipinski definition) is 0. The van der Waals surface area contributed by atoms with E-state index < -0.39 is 0 Å². The Morgan fingerprint density at radius 1 is 0.792 bits per heavy atom. The van der Waals surface area contributed by atoms with Gasteiger partial charge in [-0.3, -0.25) is 9.59 Å². The van der Waals surface area contributed by atoms with E-state index >= 15 is 0 Å². The van der Waals surface area contributed by atoms with Crippen LogP contribution in [-0.4, -0.2) is 21.5 Å². The zero-order valence-corrected chi connectivity index (χ0v) is 13.7. The third-order valence-corrected chi connectivity index (χ3v) is 3.82. The smallest absolute Gasteiger partial charge is 0.214 e. The molecule has 0 atom stereocenters. The van der Waals surface area contributed by atoms with Gasteiger partial charge in [-0.2, -0.15) is 0 Å². The maximum absolute atomic E-state index is 12.7. The van der Waals surface area contributed by atoms with Gasteiger partial charge in [0.15, 0.2) is 0 Å². The van der Waals surface area contributed by atoms with Crippen LogP contribution in [0.1, 0.15) is 70.2 Å². The highest BCUT2D eigenvalue weighted by Crippen LogP contribution is 2.26. The molecule has 0 radical (unpaired) electrons. The molecule has 4 heteroatoms. The van der Waals surface area contributed by atoms with Crippen molar-refractivity contribution < 1.29 is 9.59 Å². The van der Waals surface area contributed by atoms with Gasteiger partial charge in [0.1, 0.15) is 11.4 Å². The average Bonchev–Trinajstić information content (AvgIpc) is 2.62. The number of rotatable bonds is 4. The van der Waals surface area contributed by atoms with Crippen molar-refractivity contribution in [1.29, 1.82) is 0 Å². The van der Waals surface area contributed by atoms with Crippen molar-refractivity contribution in [3.8, 4) is 0 Å². The molecule has 0 bridgehead atoms. The van der Waals surface area contributed by atoms with Gasteiger partial charge < -0.3 is 0 Å². The first kappa shape index (κ1) is 16.0. The van der Waals surface area contributed by atoms with Crippen molar-refractivity contribution in [1.82, 2.24) is 9.97 Å². The van der Waals surface area contributed by atoms with E-state index in [2.05, 4.69) is 9.97 Å². The average molecular weight is 318 g/mol.